The van der Waals surface area contributed by atoms with E-state index in [0.717, 1.165) is 21.4 Å². The number of benzene rings is 1. The zero-order chi connectivity index (χ0) is 15.7. The van der Waals surface area contributed by atoms with Crippen LogP contribution in [0.25, 0.3) is 17.0 Å². The number of imide groups is 1. The lowest BCUT2D eigenvalue weighted by Crippen LogP contribution is -2.38. The summed E-state index contributed by atoms with van der Waals surface area (Å²) in [6.07, 6.45) is 5.14. The molecular formula is C17H14ClNO3. The summed E-state index contributed by atoms with van der Waals surface area (Å²) in [6, 6.07) is 7.67. The van der Waals surface area contributed by atoms with E-state index >= 15 is 0 Å². The van der Waals surface area contributed by atoms with Crippen molar-refractivity contribution in [2.45, 2.75) is 13.3 Å². The van der Waals surface area contributed by atoms with Crippen molar-refractivity contribution in [1.29, 1.82) is 0 Å². The van der Waals surface area contributed by atoms with Crippen molar-refractivity contribution >= 4 is 40.5 Å². The quantitative estimate of drug-likeness (QED) is 0.795. The Morgan fingerprint density at radius 3 is 2.91 bits per heavy atom. The minimum absolute atomic E-state index is 0.0907. The van der Waals surface area contributed by atoms with Gasteiger partial charge in [0, 0.05) is 23.6 Å². The van der Waals surface area contributed by atoms with Crippen molar-refractivity contribution in [2.24, 2.45) is 0 Å². The highest BCUT2D eigenvalue weighted by Gasteiger charge is 2.24. The number of carbonyl (C=O) groups excluding carboxylic acids is 2. The second-order valence-electron chi connectivity index (χ2n) is 5.06. The third kappa shape index (κ3) is 2.57. The van der Waals surface area contributed by atoms with Crippen LogP contribution < -0.4 is 0 Å². The van der Waals surface area contributed by atoms with Crippen molar-refractivity contribution in [3.05, 3.63) is 52.8 Å². The summed E-state index contributed by atoms with van der Waals surface area (Å²) >= 11 is 5.78. The molecule has 2 aromatic rings. The van der Waals surface area contributed by atoms with Crippen molar-refractivity contribution in [3.8, 4) is 0 Å². The molecule has 0 unspecified atom stereocenters. The lowest BCUT2D eigenvalue weighted by molar-refractivity contribution is -0.139. The van der Waals surface area contributed by atoms with Gasteiger partial charge in [-0.05, 0) is 25.5 Å². The summed E-state index contributed by atoms with van der Waals surface area (Å²) in [4.78, 5) is 25.1. The maximum absolute atomic E-state index is 12.1. The Bertz CT molecular complexity index is 816. The average Bonchev–Trinajstić information content (AvgIpc) is 2.84. The predicted molar refractivity (Wildman–Crippen MR) is 85.3 cm³/mol. The van der Waals surface area contributed by atoms with Gasteiger partial charge in [0.2, 0.25) is 0 Å². The minimum Gasteiger partial charge on any atom is -0.456 e. The van der Waals surface area contributed by atoms with Gasteiger partial charge in [-0.25, -0.2) is 0 Å². The monoisotopic (exact) mass is 315 g/mol. The topological polar surface area (TPSA) is 50.5 Å². The zero-order valence-corrected chi connectivity index (χ0v) is 12.8. The first kappa shape index (κ1) is 14.6. The number of fused-ring (bicyclic) bond motifs is 1. The van der Waals surface area contributed by atoms with E-state index < -0.39 is 11.8 Å². The summed E-state index contributed by atoms with van der Waals surface area (Å²) in [5, 5.41) is 1.10. The Labute approximate surface area is 132 Å². The van der Waals surface area contributed by atoms with E-state index in [4.69, 9.17) is 16.0 Å². The van der Waals surface area contributed by atoms with Gasteiger partial charge < -0.3 is 4.42 Å². The molecule has 1 aromatic heterocycles. The molecule has 0 radical (unpaired) electrons. The van der Waals surface area contributed by atoms with Gasteiger partial charge in [0.15, 0.2) is 0 Å². The molecular weight excluding hydrogens is 302 g/mol. The number of carbonyl (C=O) groups is 2. The number of halogens is 1. The van der Waals surface area contributed by atoms with Crippen molar-refractivity contribution in [3.63, 3.8) is 0 Å². The predicted octanol–water partition coefficient (Wildman–Crippen LogP) is 3.64. The first-order valence-corrected chi connectivity index (χ1v) is 7.33. The Morgan fingerprint density at radius 1 is 1.36 bits per heavy atom. The van der Waals surface area contributed by atoms with E-state index in [9.17, 15) is 9.59 Å². The normalized spacial score (nSPS) is 15.6. The second kappa shape index (κ2) is 5.81. The molecule has 0 fully saturated rings. The standard InChI is InChI=1S/C17H14ClNO3/c1-11-12-5-2-3-7-15(12)22-14(11)8-9-16(20)19-10-4-6-13(18)17(19)21/h2-3,5-9H,4,10H2,1H3/b9-8+. The van der Waals surface area contributed by atoms with Gasteiger partial charge in [-0.3, -0.25) is 14.5 Å². The largest absolute Gasteiger partial charge is 0.456 e. The molecule has 2 amide bonds. The zero-order valence-electron chi connectivity index (χ0n) is 12.0. The van der Waals surface area contributed by atoms with Crippen molar-refractivity contribution in [2.75, 3.05) is 6.54 Å². The van der Waals surface area contributed by atoms with Gasteiger partial charge in [-0.2, -0.15) is 0 Å². The SMILES string of the molecule is Cc1c(/C=C/C(=O)N2CCC=C(Cl)C2=O)oc2ccccc12. The highest BCUT2D eigenvalue weighted by atomic mass is 35.5. The second-order valence-corrected chi connectivity index (χ2v) is 5.46. The molecule has 0 bridgehead atoms. The molecule has 2 heterocycles. The molecule has 0 atom stereocenters. The van der Waals surface area contributed by atoms with Gasteiger partial charge >= 0.3 is 0 Å². The van der Waals surface area contributed by atoms with Crippen molar-refractivity contribution in [1.82, 2.24) is 4.90 Å². The van der Waals surface area contributed by atoms with E-state index in [1.165, 1.54) is 6.08 Å². The van der Waals surface area contributed by atoms with E-state index in [1.54, 1.807) is 12.2 Å². The van der Waals surface area contributed by atoms with Gasteiger partial charge in [-0.15, -0.1) is 0 Å². The Kier molecular flexibility index (Phi) is 3.86. The maximum atomic E-state index is 12.1. The van der Waals surface area contributed by atoms with E-state index in [2.05, 4.69) is 0 Å². The molecule has 22 heavy (non-hydrogen) atoms. The summed E-state index contributed by atoms with van der Waals surface area (Å²) in [5.74, 6) is -0.236. The maximum Gasteiger partial charge on any atom is 0.271 e. The number of hydrogen-bond donors (Lipinski definition) is 0. The Hall–Kier alpha value is -2.33. The molecule has 1 aromatic carbocycles. The first-order chi connectivity index (χ1) is 10.6. The molecule has 0 aliphatic carbocycles. The van der Waals surface area contributed by atoms with Crippen LogP contribution >= 0.6 is 11.6 Å². The molecule has 0 saturated heterocycles. The van der Waals surface area contributed by atoms with Crippen LogP contribution in [0, 0.1) is 6.92 Å². The van der Waals surface area contributed by atoms with Crippen molar-refractivity contribution < 1.29 is 14.0 Å². The number of hydrogen-bond acceptors (Lipinski definition) is 3. The smallest absolute Gasteiger partial charge is 0.271 e. The molecule has 5 heteroatoms. The van der Waals surface area contributed by atoms with E-state index in [1.807, 2.05) is 31.2 Å². The number of amides is 2. The van der Waals surface area contributed by atoms with Crippen LogP contribution in [0.2, 0.25) is 0 Å². The molecule has 1 aliphatic heterocycles. The number of para-hydroxylation sites is 1. The highest BCUT2D eigenvalue weighted by Crippen LogP contribution is 2.26. The third-order valence-electron chi connectivity index (χ3n) is 3.65. The first-order valence-electron chi connectivity index (χ1n) is 6.95. The number of aryl methyl sites for hydroxylation is 1. The van der Waals surface area contributed by atoms with E-state index in [-0.39, 0.29) is 5.03 Å². The van der Waals surface area contributed by atoms with E-state index in [0.29, 0.717) is 18.7 Å². The molecule has 112 valence electrons. The van der Waals surface area contributed by atoms with Crippen LogP contribution in [0.5, 0.6) is 0 Å². The summed E-state index contributed by atoms with van der Waals surface area (Å²) in [5.41, 5.74) is 1.73. The van der Waals surface area contributed by atoms with Crippen LogP contribution in [0.15, 0.2) is 45.9 Å². The molecule has 0 spiro atoms. The summed E-state index contributed by atoms with van der Waals surface area (Å²) < 4.78 is 5.70. The van der Waals surface area contributed by atoms with Gasteiger partial charge in [-0.1, -0.05) is 35.9 Å². The van der Waals surface area contributed by atoms with Crippen LogP contribution in [0.1, 0.15) is 17.7 Å². The fraction of sp³-hybridized carbons (Fsp3) is 0.176. The number of furan rings is 1. The molecule has 3 rings (SSSR count). The fourth-order valence-electron chi connectivity index (χ4n) is 2.44. The molecule has 1 aliphatic rings. The van der Waals surface area contributed by atoms with Crippen LogP contribution in [-0.2, 0) is 9.59 Å². The third-order valence-corrected chi connectivity index (χ3v) is 3.97. The molecule has 4 nitrogen and oxygen atoms in total. The Balaban J connectivity index is 1.84. The average molecular weight is 316 g/mol. The molecule has 0 N–H and O–H groups in total. The lowest BCUT2D eigenvalue weighted by Gasteiger charge is -2.21. The lowest BCUT2D eigenvalue weighted by atomic mass is 10.1. The summed E-state index contributed by atoms with van der Waals surface area (Å²) in [6.45, 7) is 2.28. The van der Waals surface area contributed by atoms with Gasteiger partial charge in [0.05, 0.1) is 0 Å². The highest BCUT2D eigenvalue weighted by molar-refractivity contribution is 6.43. The Morgan fingerprint density at radius 2 is 2.14 bits per heavy atom. The van der Waals surface area contributed by atoms with Crippen LogP contribution in [0.4, 0.5) is 0 Å². The summed E-state index contributed by atoms with van der Waals surface area (Å²) in [7, 11) is 0. The number of rotatable bonds is 2. The molecule has 0 saturated carbocycles. The number of nitrogens with zero attached hydrogens (tertiary/aromatic N) is 1. The van der Waals surface area contributed by atoms with Crippen LogP contribution in [-0.4, -0.2) is 23.3 Å². The van der Waals surface area contributed by atoms with Gasteiger partial charge in [0.1, 0.15) is 16.4 Å². The van der Waals surface area contributed by atoms with Crippen LogP contribution in [0.3, 0.4) is 0 Å². The fourth-order valence-corrected chi connectivity index (χ4v) is 2.65. The van der Waals surface area contributed by atoms with Gasteiger partial charge in [0.25, 0.3) is 11.8 Å². The minimum atomic E-state index is -0.455.